The van der Waals surface area contributed by atoms with Crippen molar-refractivity contribution in [2.75, 3.05) is 11.5 Å². The van der Waals surface area contributed by atoms with Gasteiger partial charge in [-0.15, -0.1) is 0 Å². The van der Waals surface area contributed by atoms with Gasteiger partial charge in [-0.05, 0) is 67.8 Å². The van der Waals surface area contributed by atoms with Gasteiger partial charge in [0.2, 0.25) is 5.91 Å². The van der Waals surface area contributed by atoms with Gasteiger partial charge in [-0.25, -0.2) is 9.88 Å². The maximum Gasteiger partial charge on any atom is 0.257 e. The average Bonchev–Trinajstić information content (AvgIpc) is 3.21. The zero-order valence-electron chi connectivity index (χ0n) is 16.3. The zero-order chi connectivity index (χ0) is 19.8. The Bertz CT molecular complexity index is 1050. The van der Waals surface area contributed by atoms with Crippen molar-refractivity contribution in [3.05, 3.63) is 53.9 Å². The second-order valence-electron chi connectivity index (χ2n) is 7.21. The number of carbonyl (C=O) groups excluding carboxylic acids is 2. The summed E-state index contributed by atoms with van der Waals surface area (Å²) in [5, 5.41) is 0. The molecule has 1 atom stereocenters. The van der Waals surface area contributed by atoms with Crippen molar-refractivity contribution in [3.8, 4) is 5.75 Å². The van der Waals surface area contributed by atoms with Crippen LogP contribution >= 0.6 is 0 Å². The third-order valence-corrected chi connectivity index (χ3v) is 5.22. The van der Waals surface area contributed by atoms with E-state index in [4.69, 9.17) is 4.74 Å². The molecule has 3 aromatic rings. The molecule has 0 unspecified atom stereocenters. The van der Waals surface area contributed by atoms with Crippen LogP contribution in [-0.4, -0.2) is 28.0 Å². The molecule has 0 bridgehead atoms. The first kappa shape index (κ1) is 18.2. The van der Waals surface area contributed by atoms with E-state index in [1.165, 1.54) is 4.90 Å². The van der Waals surface area contributed by atoms with Crippen molar-refractivity contribution in [1.82, 2.24) is 9.55 Å². The Morgan fingerprint density at radius 1 is 1.11 bits per heavy atom. The third-order valence-electron chi connectivity index (χ3n) is 5.22. The van der Waals surface area contributed by atoms with E-state index in [-0.39, 0.29) is 18.2 Å². The number of benzene rings is 2. The van der Waals surface area contributed by atoms with E-state index in [0.717, 1.165) is 34.3 Å². The van der Waals surface area contributed by atoms with Crippen LogP contribution in [0, 0.1) is 13.8 Å². The molecule has 1 saturated heterocycles. The molecule has 6 heteroatoms. The van der Waals surface area contributed by atoms with Gasteiger partial charge in [0.1, 0.15) is 11.8 Å². The summed E-state index contributed by atoms with van der Waals surface area (Å²) in [6.45, 7) is 6.74. The molecule has 0 radical (unpaired) electrons. The van der Waals surface area contributed by atoms with Gasteiger partial charge in [-0.2, -0.15) is 0 Å². The molecule has 0 spiro atoms. The number of imidazole rings is 1. The van der Waals surface area contributed by atoms with Crippen LogP contribution in [0.3, 0.4) is 0 Å². The number of aryl methyl sites for hydroxylation is 2. The maximum absolute atomic E-state index is 13.1. The highest BCUT2D eigenvalue weighted by atomic mass is 16.5. The Morgan fingerprint density at radius 2 is 1.82 bits per heavy atom. The summed E-state index contributed by atoms with van der Waals surface area (Å²) in [6.07, 6.45) is 2.71. The predicted octanol–water partition coefficient (Wildman–Crippen LogP) is 3.95. The molecule has 144 valence electrons. The number of hydrogen-bond acceptors (Lipinski definition) is 4. The van der Waals surface area contributed by atoms with E-state index in [2.05, 4.69) is 4.98 Å². The van der Waals surface area contributed by atoms with Gasteiger partial charge in [0.25, 0.3) is 5.91 Å². The number of fused-ring (bicyclic) bond motifs is 1. The fraction of sp³-hybridized carbons (Fsp3) is 0.318. The second-order valence-corrected chi connectivity index (χ2v) is 7.21. The van der Waals surface area contributed by atoms with Crippen molar-refractivity contribution in [1.29, 1.82) is 0 Å². The summed E-state index contributed by atoms with van der Waals surface area (Å²) in [5.41, 5.74) is 4.56. The second kappa shape index (κ2) is 7.11. The minimum atomic E-state index is -0.573. The smallest absolute Gasteiger partial charge is 0.257 e. The first-order chi connectivity index (χ1) is 13.5. The molecule has 2 heterocycles. The first-order valence-corrected chi connectivity index (χ1v) is 9.53. The number of anilines is 1. The number of aromatic nitrogens is 2. The van der Waals surface area contributed by atoms with E-state index in [1.807, 2.05) is 37.5 Å². The molecule has 28 heavy (non-hydrogen) atoms. The minimum Gasteiger partial charge on any atom is -0.494 e. The first-order valence-electron chi connectivity index (χ1n) is 9.53. The van der Waals surface area contributed by atoms with Crippen molar-refractivity contribution in [2.24, 2.45) is 0 Å². The number of rotatable bonds is 5. The molecule has 0 saturated carbocycles. The molecule has 2 aromatic carbocycles. The van der Waals surface area contributed by atoms with Gasteiger partial charge >= 0.3 is 0 Å². The number of amides is 2. The van der Waals surface area contributed by atoms with Crippen LogP contribution in [0.1, 0.15) is 36.9 Å². The number of hydrogen-bond donors (Lipinski definition) is 0. The SMILES string of the molecule is CCCOc1ccc(N2C(=O)C[C@H](n3cnc4cc(C)c(C)cc43)C2=O)cc1. The summed E-state index contributed by atoms with van der Waals surface area (Å²) in [7, 11) is 0. The molecule has 4 rings (SSSR count). The van der Waals surface area contributed by atoms with Crippen molar-refractivity contribution in [3.63, 3.8) is 0 Å². The molecule has 1 aliphatic heterocycles. The molecule has 1 aromatic heterocycles. The van der Waals surface area contributed by atoms with E-state index >= 15 is 0 Å². The summed E-state index contributed by atoms with van der Waals surface area (Å²) < 4.78 is 7.39. The average molecular weight is 377 g/mol. The summed E-state index contributed by atoms with van der Waals surface area (Å²) >= 11 is 0. The van der Waals surface area contributed by atoms with Crippen molar-refractivity contribution >= 4 is 28.5 Å². The van der Waals surface area contributed by atoms with Gasteiger partial charge in [-0.1, -0.05) is 6.92 Å². The lowest BCUT2D eigenvalue weighted by atomic mass is 10.1. The number of nitrogens with zero attached hydrogens (tertiary/aromatic N) is 3. The van der Waals surface area contributed by atoms with Crippen LogP contribution in [-0.2, 0) is 9.59 Å². The van der Waals surface area contributed by atoms with Gasteiger partial charge in [0.15, 0.2) is 0 Å². The minimum absolute atomic E-state index is 0.130. The zero-order valence-corrected chi connectivity index (χ0v) is 16.3. The van der Waals surface area contributed by atoms with E-state index in [0.29, 0.717) is 12.3 Å². The van der Waals surface area contributed by atoms with E-state index in [9.17, 15) is 9.59 Å². The highest BCUT2D eigenvalue weighted by molar-refractivity contribution is 6.21. The molecule has 6 nitrogen and oxygen atoms in total. The van der Waals surface area contributed by atoms with E-state index < -0.39 is 6.04 Å². The molecule has 0 aliphatic carbocycles. The van der Waals surface area contributed by atoms with Crippen LogP contribution in [0.15, 0.2) is 42.7 Å². The molecule has 1 aliphatic rings. The van der Waals surface area contributed by atoms with Crippen LogP contribution in [0.25, 0.3) is 11.0 Å². The van der Waals surface area contributed by atoms with Crippen LogP contribution in [0.2, 0.25) is 0 Å². The topological polar surface area (TPSA) is 64.4 Å². The molecule has 1 fully saturated rings. The standard InChI is InChI=1S/C22H23N3O3/c1-4-9-28-17-7-5-16(6-8-17)25-21(26)12-20(22(25)27)24-13-23-18-10-14(2)15(3)11-19(18)24/h5-8,10-11,13,20H,4,9,12H2,1-3H3/t20-/m0/s1. The normalized spacial score (nSPS) is 17.0. The lowest BCUT2D eigenvalue weighted by Gasteiger charge is -2.16. The van der Waals surface area contributed by atoms with Crippen LogP contribution < -0.4 is 9.64 Å². The monoisotopic (exact) mass is 377 g/mol. The fourth-order valence-corrected chi connectivity index (χ4v) is 3.55. The highest BCUT2D eigenvalue weighted by Crippen LogP contribution is 2.33. The summed E-state index contributed by atoms with van der Waals surface area (Å²) in [5.74, 6) is 0.292. The molecular weight excluding hydrogens is 354 g/mol. The van der Waals surface area contributed by atoms with E-state index in [1.54, 1.807) is 30.6 Å². The lowest BCUT2D eigenvalue weighted by molar-refractivity contribution is -0.122. The van der Waals surface area contributed by atoms with Gasteiger partial charge in [-0.3, -0.25) is 9.59 Å². The van der Waals surface area contributed by atoms with Crippen LogP contribution in [0.4, 0.5) is 5.69 Å². The van der Waals surface area contributed by atoms with Crippen LogP contribution in [0.5, 0.6) is 5.75 Å². The van der Waals surface area contributed by atoms with Gasteiger partial charge in [0.05, 0.1) is 36.1 Å². The number of carbonyl (C=O) groups is 2. The molecule has 0 N–H and O–H groups in total. The Labute approximate surface area is 163 Å². The summed E-state index contributed by atoms with van der Waals surface area (Å²) in [4.78, 5) is 31.4. The number of imide groups is 1. The third kappa shape index (κ3) is 3.05. The fourth-order valence-electron chi connectivity index (χ4n) is 3.55. The van der Waals surface area contributed by atoms with Gasteiger partial charge < -0.3 is 9.30 Å². The Kier molecular flexibility index (Phi) is 4.63. The Balaban J connectivity index is 1.63. The quantitative estimate of drug-likeness (QED) is 0.632. The highest BCUT2D eigenvalue weighted by Gasteiger charge is 2.41. The molecular formula is C22H23N3O3. The largest absolute Gasteiger partial charge is 0.494 e. The Hall–Kier alpha value is -3.15. The van der Waals surface area contributed by atoms with Crippen molar-refractivity contribution < 1.29 is 14.3 Å². The molecule has 2 amide bonds. The lowest BCUT2D eigenvalue weighted by Crippen LogP contribution is -2.31. The maximum atomic E-state index is 13.1. The number of ether oxygens (including phenoxy) is 1. The predicted molar refractivity (Wildman–Crippen MR) is 108 cm³/mol. The van der Waals surface area contributed by atoms with Crippen molar-refractivity contribution in [2.45, 2.75) is 39.7 Å². The summed E-state index contributed by atoms with van der Waals surface area (Å²) in [6, 6.07) is 10.5. The van der Waals surface area contributed by atoms with Gasteiger partial charge in [0, 0.05) is 0 Å². The Morgan fingerprint density at radius 3 is 2.54 bits per heavy atom.